The molecule has 0 atom stereocenters. The van der Waals surface area contributed by atoms with Crippen molar-refractivity contribution in [3.8, 4) is 5.75 Å². The Kier molecular flexibility index (Phi) is 6.80. The molecule has 6 heteroatoms. The van der Waals surface area contributed by atoms with Crippen molar-refractivity contribution in [2.75, 3.05) is 37.6 Å². The van der Waals surface area contributed by atoms with Crippen LogP contribution in [-0.2, 0) is 4.79 Å². The zero-order chi connectivity index (χ0) is 22.7. The van der Waals surface area contributed by atoms with Crippen LogP contribution in [0.4, 0.5) is 5.69 Å². The van der Waals surface area contributed by atoms with Crippen LogP contribution in [-0.4, -0.2) is 66.5 Å². The van der Waals surface area contributed by atoms with Gasteiger partial charge < -0.3 is 19.4 Å². The monoisotopic (exact) mass is 435 g/mol. The third-order valence-electron chi connectivity index (χ3n) is 6.46. The Hall–Kier alpha value is -2.86. The highest BCUT2D eigenvalue weighted by molar-refractivity contribution is 6.01. The van der Waals surface area contributed by atoms with Gasteiger partial charge in [0, 0.05) is 43.5 Å². The number of rotatable bonds is 5. The minimum atomic E-state index is -0.0923. The highest BCUT2D eigenvalue weighted by Crippen LogP contribution is 2.25. The van der Waals surface area contributed by atoms with E-state index in [-0.39, 0.29) is 24.5 Å². The molecule has 2 aliphatic heterocycles. The van der Waals surface area contributed by atoms with Gasteiger partial charge in [0.15, 0.2) is 0 Å². The van der Waals surface area contributed by atoms with Crippen molar-refractivity contribution in [2.24, 2.45) is 0 Å². The van der Waals surface area contributed by atoms with E-state index in [0.29, 0.717) is 24.7 Å². The van der Waals surface area contributed by atoms with Crippen LogP contribution in [0.25, 0.3) is 0 Å². The van der Waals surface area contributed by atoms with E-state index >= 15 is 0 Å². The summed E-state index contributed by atoms with van der Waals surface area (Å²) in [5.41, 5.74) is 2.58. The first-order valence-electron chi connectivity index (χ1n) is 11.6. The van der Waals surface area contributed by atoms with E-state index in [1.54, 1.807) is 9.80 Å². The smallest absolute Gasteiger partial charge is 0.254 e. The first-order chi connectivity index (χ1) is 15.4. The third kappa shape index (κ3) is 5.13. The van der Waals surface area contributed by atoms with Crippen molar-refractivity contribution in [1.29, 1.82) is 0 Å². The quantitative estimate of drug-likeness (QED) is 0.718. The molecule has 2 amide bonds. The van der Waals surface area contributed by atoms with Crippen LogP contribution in [0.1, 0.15) is 42.6 Å². The first-order valence-corrected chi connectivity index (χ1v) is 11.6. The number of nitrogens with zero attached hydrogens (tertiary/aromatic N) is 3. The van der Waals surface area contributed by atoms with Crippen LogP contribution >= 0.6 is 0 Å². The van der Waals surface area contributed by atoms with Gasteiger partial charge in [0.25, 0.3) is 5.91 Å². The zero-order valence-corrected chi connectivity index (χ0v) is 19.3. The Morgan fingerprint density at radius 1 is 0.938 bits per heavy atom. The molecule has 6 nitrogen and oxygen atoms in total. The van der Waals surface area contributed by atoms with E-state index in [0.717, 1.165) is 42.9 Å². The lowest BCUT2D eigenvalue weighted by Crippen LogP contribution is -2.52. The van der Waals surface area contributed by atoms with Gasteiger partial charge in [-0.25, -0.2) is 0 Å². The molecule has 2 fully saturated rings. The SMILES string of the molecule is Cc1ccc(C(=O)N2CCN(c3ccc(OC4CCN(C(C)C)CC4)cc3)C(=O)C2)cc1. The number of piperidine rings is 1. The van der Waals surface area contributed by atoms with Gasteiger partial charge in [0.05, 0.1) is 0 Å². The van der Waals surface area contributed by atoms with Gasteiger partial charge in [-0.3, -0.25) is 9.59 Å². The molecule has 2 aliphatic rings. The van der Waals surface area contributed by atoms with E-state index in [1.807, 2.05) is 55.5 Å². The Balaban J connectivity index is 1.31. The Morgan fingerprint density at radius 2 is 1.59 bits per heavy atom. The molecule has 0 bridgehead atoms. The maximum atomic E-state index is 12.8. The maximum absolute atomic E-state index is 12.8. The molecule has 2 saturated heterocycles. The number of amides is 2. The van der Waals surface area contributed by atoms with Crippen molar-refractivity contribution >= 4 is 17.5 Å². The average Bonchev–Trinajstić information content (AvgIpc) is 2.80. The maximum Gasteiger partial charge on any atom is 0.254 e. The van der Waals surface area contributed by atoms with Gasteiger partial charge in [-0.05, 0) is 70.0 Å². The number of carbonyl (C=O) groups is 2. The van der Waals surface area contributed by atoms with Crippen LogP contribution in [0.3, 0.4) is 0 Å². The fourth-order valence-electron chi connectivity index (χ4n) is 4.41. The molecule has 2 aromatic carbocycles. The Morgan fingerprint density at radius 3 is 2.19 bits per heavy atom. The number of carbonyl (C=O) groups excluding carboxylic acids is 2. The van der Waals surface area contributed by atoms with Gasteiger partial charge in [0.2, 0.25) is 5.91 Å². The summed E-state index contributed by atoms with van der Waals surface area (Å²) in [4.78, 5) is 31.4. The van der Waals surface area contributed by atoms with E-state index in [2.05, 4.69) is 18.7 Å². The first kappa shape index (κ1) is 22.3. The number of hydrogen-bond acceptors (Lipinski definition) is 4. The number of likely N-dealkylation sites (tertiary alicyclic amines) is 1. The molecular weight excluding hydrogens is 402 g/mol. The standard InChI is InChI=1S/C26H33N3O3/c1-19(2)27-14-12-24(13-15-27)32-23-10-8-22(9-11-23)29-17-16-28(18-25(29)30)26(31)21-6-4-20(3)5-7-21/h4-11,19,24H,12-18H2,1-3H3. The summed E-state index contributed by atoms with van der Waals surface area (Å²) in [6, 6.07) is 15.8. The second kappa shape index (κ2) is 9.74. The lowest BCUT2D eigenvalue weighted by atomic mass is 10.1. The zero-order valence-electron chi connectivity index (χ0n) is 19.3. The molecule has 0 N–H and O–H groups in total. The minimum Gasteiger partial charge on any atom is -0.490 e. The fourth-order valence-corrected chi connectivity index (χ4v) is 4.41. The molecule has 0 aliphatic carbocycles. The molecule has 0 saturated carbocycles. The summed E-state index contributed by atoms with van der Waals surface area (Å²) in [7, 11) is 0. The van der Waals surface area contributed by atoms with Crippen LogP contribution in [0.2, 0.25) is 0 Å². The summed E-state index contributed by atoms with van der Waals surface area (Å²) in [5.74, 6) is 0.689. The molecular formula is C26H33N3O3. The molecule has 32 heavy (non-hydrogen) atoms. The van der Waals surface area contributed by atoms with E-state index in [4.69, 9.17) is 4.74 Å². The number of aryl methyl sites for hydroxylation is 1. The summed E-state index contributed by atoms with van der Waals surface area (Å²) >= 11 is 0. The van der Waals surface area contributed by atoms with Crippen LogP contribution in [0.5, 0.6) is 5.75 Å². The molecule has 0 spiro atoms. The van der Waals surface area contributed by atoms with Crippen molar-refractivity contribution in [3.63, 3.8) is 0 Å². The van der Waals surface area contributed by atoms with Crippen molar-refractivity contribution in [1.82, 2.24) is 9.80 Å². The predicted molar refractivity (Wildman–Crippen MR) is 126 cm³/mol. The topological polar surface area (TPSA) is 53.1 Å². The fraction of sp³-hybridized carbons (Fsp3) is 0.462. The van der Waals surface area contributed by atoms with Gasteiger partial charge in [-0.15, -0.1) is 0 Å². The van der Waals surface area contributed by atoms with Crippen molar-refractivity contribution < 1.29 is 14.3 Å². The summed E-state index contributed by atoms with van der Waals surface area (Å²) in [6.45, 7) is 9.71. The minimum absolute atomic E-state index is 0.0635. The third-order valence-corrected chi connectivity index (χ3v) is 6.46. The predicted octanol–water partition coefficient (Wildman–Crippen LogP) is 3.74. The molecule has 0 unspecified atom stereocenters. The van der Waals surface area contributed by atoms with Crippen LogP contribution in [0, 0.1) is 6.92 Å². The summed E-state index contributed by atoms with van der Waals surface area (Å²) in [6.07, 6.45) is 2.32. The molecule has 0 aromatic heterocycles. The van der Waals surface area contributed by atoms with Crippen molar-refractivity contribution in [2.45, 2.75) is 45.8 Å². The average molecular weight is 436 g/mol. The lowest BCUT2D eigenvalue weighted by Gasteiger charge is -2.35. The largest absolute Gasteiger partial charge is 0.490 e. The van der Waals surface area contributed by atoms with Gasteiger partial charge in [-0.1, -0.05) is 17.7 Å². The van der Waals surface area contributed by atoms with E-state index in [9.17, 15) is 9.59 Å². The number of piperazine rings is 1. The summed E-state index contributed by atoms with van der Waals surface area (Å²) < 4.78 is 6.18. The van der Waals surface area contributed by atoms with E-state index in [1.165, 1.54) is 0 Å². The van der Waals surface area contributed by atoms with Crippen LogP contribution in [0.15, 0.2) is 48.5 Å². The second-order valence-corrected chi connectivity index (χ2v) is 9.08. The van der Waals surface area contributed by atoms with Gasteiger partial charge in [-0.2, -0.15) is 0 Å². The number of benzene rings is 2. The molecule has 4 rings (SSSR count). The van der Waals surface area contributed by atoms with Gasteiger partial charge >= 0.3 is 0 Å². The Labute approximate surface area is 190 Å². The highest BCUT2D eigenvalue weighted by Gasteiger charge is 2.29. The lowest BCUT2D eigenvalue weighted by molar-refractivity contribution is -0.120. The molecule has 2 aromatic rings. The number of hydrogen-bond donors (Lipinski definition) is 0. The second-order valence-electron chi connectivity index (χ2n) is 9.08. The molecule has 170 valence electrons. The Bertz CT molecular complexity index is 932. The molecule has 0 radical (unpaired) electrons. The van der Waals surface area contributed by atoms with Crippen molar-refractivity contribution in [3.05, 3.63) is 59.7 Å². The highest BCUT2D eigenvalue weighted by atomic mass is 16.5. The van der Waals surface area contributed by atoms with Gasteiger partial charge in [0.1, 0.15) is 18.4 Å². The van der Waals surface area contributed by atoms with E-state index < -0.39 is 0 Å². The van der Waals surface area contributed by atoms with Crippen LogP contribution < -0.4 is 9.64 Å². The number of anilines is 1. The normalized spacial score (nSPS) is 18.3. The number of ether oxygens (including phenoxy) is 1. The molecule has 2 heterocycles. The summed E-state index contributed by atoms with van der Waals surface area (Å²) in [5, 5.41) is 0.